The number of thiazole rings is 1. The van der Waals surface area contributed by atoms with Crippen molar-refractivity contribution < 1.29 is 9.46 Å². The normalized spacial score (nSPS) is 18.1. The third kappa shape index (κ3) is 2.05. The first-order valence-corrected chi connectivity index (χ1v) is 8.53. The molecule has 1 aliphatic rings. The van der Waals surface area contributed by atoms with Crippen LogP contribution in [0.1, 0.15) is 23.4 Å². The largest absolute Gasteiger partial charge is 0.336 e. The molecule has 2 aromatic rings. The zero-order chi connectivity index (χ0) is 12.6. The first-order chi connectivity index (χ1) is 8.68. The number of hydrogen-bond acceptors (Lipinski definition) is 3. The molecule has 1 aromatic heterocycles. The van der Waals surface area contributed by atoms with Gasteiger partial charge in [-0.25, -0.2) is 4.98 Å². The number of rotatable bonds is 2. The van der Waals surface area contributed by atoms with Gasteiger partial charge in [0.05, 0.1) is 5.69 Å². The number of aromatic nitrogens is 1. The highest BCUT2D eigenvalue weighted by molar-refractivity contribution is 7.78. The van der Waals surface area contributed by atoms with Crippen molar-refractivity contribution in [2.45, 2.75) is 25.7 Å². The molecule has 1 heterocycles. The van der Waals surface area contributed by atoms with E-state index in [1.165, 1.54) is 16.2 Å². The molecule has 18 heavy (non-hydrogen) atoms. The quantitative estimate of drug-likeness (QED) is 0.858. The number of nitrogens with zero attached hydrogens (tertiary/aromatic N) is 1. The molecule has 1 unspecified atom stereocenters. The van der Waals surface area contributed by atoms with Crippen LogP contribution in [0.4, 0.5) is 0 Å². The highest BCUT2D eigenvalue weighted by Gasteiger charge is 2.30. The van der Waals surface area contributed by atoms with Crippen molar-refractivity contribution in [3.8, 4) is 0 Å². The highest BCUT2D eigenvalue weighted by atomic mass is 32.1. The summed E-state index contributed by atoms with van der Waals surface area (Å²) < 4.78 is 12.9. The van der Waals surface area contributed by atoms with Crippen LogP contribution in [0.25, 0.3) is 0 Å². The van der Waals surface area contributed by atoms with Crippen molar-refractivity contribution in [3.05, 3.63) is 40.9 Å². The molecule has 0 bridgehead atoms. The number of benzene rings is 1. The monoisotopic (exact) mass is 279 g/mol. The lowest BCUT2D eigenvalue weighted by Crippen LogP contribution is -2.15. The lowest BCUT2D eigenvalue weighted by Gasteiger charge is -2.07. The van der Waals surface area contributed by atoms with Crippen LogP contribution in [0.15, 0.2) is 30.3 Å². The van der Waals surface area contributed by atoms with E-state index in [9.17, 15) is 9.46 Å². The van der Waals surface area contributed by atoms with Gasteiger partial charge in [-0.05, 0) is 37.8 Å². The third-order valence-corrected chi connectivity index (χ3v) is 6.79. The molecule has 94 valence electrons. The van der Waals surface area contributed by atoms with Crippen LogP contribution in [0.5, 0.6) is 0 Å². The maximum absolute atomic E-state index is 12.5. The minimum atomic E-state index is -3.49. The Kier molecular flexibility index (Phi) is 3.10. The van der Waals surface area contributed by atoms with Crippen molar-refractivity contribution in [3.63, 3.8) is 0 Å². The molecule has 0 aliphatic heterocycles. The summed E-state index contributed by atoms with van der Waals surface area (Å²) in [6.07, 6.45) is 4.25. The molecule has 5 heteroatoms. The van der Waals surface area contributed by atoms with Gasteiger partial charge in [0.15, 0.2) is 4.75 Å². The molecule has 0 fully saturated rings. The zero-order valence-electron chi connectivity index (χ0n) is 9.87. The summed E-state index contributed by atoms with van der Waals surface area (Å²) in [5, 5.41) is 0.469. The second kappa shape index (κ2) is 4.61. The molecule has 1 aliphatic carbocycles. The molecule has 0 saturated carbocycles. The Hall–Kier alpha value is -0.960. The minimum absolute atomic E-state index is 0.389. The van der Waals surface area contributed by atoms with E-state index in [4.69, 9.17) is 0 Å². The fourth-order valence-corrected chi connectivity index (χ4v) is 5.29. The molecule has 3 rings (SSSR count). The third-order valence-electron chi connectivity index (χ3n) is 3.20. The molecule has 1 atom stereocenters. The van der Waals surface area contributed by atoms with Crippen LogP contribution >= 0.6 is 18.7 Å². The predicted molar refractivity (Wildman–Crippen MR) is 74.3 cm³/mol. The van der Waals surface area contributed by atoms with Crippen LogP contribution in [0, 0.1) is 0 Å². The lowest BCUT2D eigenvalue weighted by molar-refractivity contribution is 0.500. The molecule has 1 N–H and O–H groups in total. The van der Waals surface area contributed by atoms with Gasteiger partial charge < -0.3 is 4.89 Å². The fraction of sp³-hybridized carbons (Fsp3) is 0.308. The topological polar surface area (TPSA) is 50.2 Å². The number of aryl methyl sites for hydroxylation is 2. The van der Waals surface area contributed by atoms with Crippen molar-refractivity contribution in [1.82, 2.24) is 4.98 Å². The Morgan fingerprint density at radius 1 is 1.17 bits per heavy atom. The van der Waals surface area contributed by atoms with Crippen molar-refractivity contribution in [2.24, 2.45) is 0 Å². The van der Waals surface area contributed by atoms with Gasteiger partial charge in [0.25, 0.3) is 7.37 Å². The van der Waals surface area contributed by atoms with E-state index in [-0.39, 0.29) is 0 Å². The second-order valence-corrected chi connectivity index (χ2v) is 7.96. The molecule has 0 saturated heterocycles. The summed E-state index contributed by atoms with van der Waals surface area (Å²) >= 11 is 1.41. The average Bonchev–Trinajstić information content (AvgIpc) is 2.84. The van der Waals surface area contributed by atoms with E-state index < -0.39 is 7.37 Å². The van der Waals surface area contributed by atoms with Gasteiger partial charge in [0.2, 0.25) is 0 Å². The van der Waals surface area contributed by atoms with Crippen LogP contribution in [-0.4, -0.2) is 9.88 Å². The van der Waals surface area contributed by atoms with Gasteiger partial charge in [-0.1, -0.05) is 18.2 Å². The lowest BCUT2D eigenvalue weighted by atomic mass is 10.0. The summed E-state index contributed by atoms with van der Waals surface area (Å²) in [5.41, 5.74) is 1.03. The Bertz CT molecular complexity index is 585. The summed E-state index contributed by atoms with van der Waals surface area (Å²) in [5.74, 6) is 0. The second-order valence-electron chi connectivity index (χ2n) is 4.48. The molecular weight excluding hydrogens is 265 g/mol. The van der Waals surface area contributed by atoms with Gasteiger partial charge in [0.1, 0.15) is 0 Å². The van der Waals surface area contributed by atoms with Gasteiger partial charge in [0, 0.05) is 10.2 Å². The summed E-state index contributed by atoms with van der Waals surface area (Å²) in [6, 6.07) is 8.80. The Morgan fingerprint density at radius 3 is 2.61 bits per heavy atom. The number of fused-ring (bicyclic) bond motifs is 1. The molecule has 3 nitrogen and oxygen atoms in total. The van der Waals surface area contributed by atoms with Crippen molar-refractivity contribution >= 4 is 28.8 Å². The van der Waals surface area contributed by atoms with Crippen LogP contribution < -0.4 is 10.1 Å². The first-order valence-electron chi connectivity index (χ1n) is 6.05. The SMILES string of the molecule is O=P(O)(c1ccccc1)c1nc2c(s1)CCCC2. The highest BCUT2D eigenvalue weighted by Crippen LogP contribution is 2.41. The summed E-state index contributed by atoms with van der Waals surface area (Å²) in [4.78, 5) is 15.9. The van der Waals surface area contributed by atoms with Crippen LogP contribution in [-0.2, 0) is 17.4 Å². The molecule has 0 radical (unpaired) electrons. The molecule has 1 aromatic carbocycles. The van der Waals surface area contributed by atoms with Gasteiger partial charge in [-0.2, -0.15) is 0 Å². The smallest absolute Gasteiger partial charge is 0.286 e. The van der Waals surface area contributed by atoms with Gasteiger partial charge in [-0.3, -0.25) is 4.57 Å². The standard InChI is InChI=1S/C13H14NO2PS/c15-17(16,10-6-2-1-3-7-10)13-14-11-8-4-5-9-12(11)18-13/h1-3,6-7H,4-5,8-9H2,(H,15,16). The van der Waals surface area contributed by atoms with Crippen molar-refractivity contribution in [2.75, 3.05) is 0 Å². The predicted octanol–water partition coefficient (Wildman–Crippen LogP) is 2.24. The Labute approximate surface area is 110 Å². The molecule has 0 amide bonds. The van der Waals surface area contributed by atoms with E-state index in [2.05, 4.69) is 4.98 Å². The maximum atomic E-state index is 12.5. The van der Waals surface area contributed by atoms with E-state index in [1.807, 2.05) is 6.07 Å². The van der Waals surface area contributed by atoms with Crippen LogP contribution in [0.3, 0.4) is 0 Å². The van der Waals surface area contributed by atoms with Crippen molar-refractivity contribution in [1.29, 1.82) is 0 Å². The minimum Gasteiger partial charge on any atom is -0.336 e. The molecular formula is C13H14NO2PS. The summed E-state index contributed by atoms with van der Waals surface area (Å²) in [6.45, 7) is 0. The van der Waals surface area contributed by atoms with E-state index in [1.54, 1.807) is 24.3 Å². The van der Waals surface area contributed by atoms with E-state index in [0.717, 1.165) is 31.4 Å². The number of hydrogen-bond donors (Lipinski definition) is 1. The van der Waals surface area contributed by atoms with Gasteiger partial charge in [-0.15, -0.1) is 11.3 Å². The fourth-order valence-electron chi connectivity index (χ4n) is 2.21. The molecule has 0 spiro atoms. The van der Waals surface area contributed by atoms with Crippen LogP contribution in [0.2, 0.25) is 0 Å². The van der Waals surface area contributed by atoms with E-state index in [0.29, 0.717) is 10.1 Å². The van der Waals surface area contributed by atoms with Gasteiger partial charge >= 0.3 is 0 Å². The Morgan fingerprint density at radius 2 is 1.89 bits per heavy atom. The Balaban J connectivity index is 2.04. The summed E-state index contributed by atoms with van der Waals surface area (Å²) in [7, 11) is -3.49. The average molecular weight is 279 g/mol. The zero-order valence-corrected chi connectivity index (χ0v) is 11.6. The first kappa shape index (κ1) is 12.1. The van der Waals surface area contributed by atoms with E-state index >= 15 is 0 Å². The maximum Gasteiger partial charge on any atom is 0.286 e.